The van der Waals surface area contributed by atoms with Gasteiger partial charge in [0.05, 0.1) is 5.76 Å². The molecule has 4 aromatic rings. The van der Waals surface area contributed by atoms with Gasteiger partial charge in [-0.05, 0) is 78.7 Å². The first-order chi connectivity index (χ1) is 21.9. The van der Waals surface area contributed by atoms with Crippen molar-refractivity contribution in [2.45, 2.75) is 112 Å². The first-order valence-corrected chi connectivity index (χ1v) is 17.3. The Hall–Kier alpha value is -3.14. The van der Waals surface area contributed by atoms with Crippen LogP contribution in [0.3, 0.4) is 0 Å². The molecule has 0 atom stereocenters. The number of carbonyl (C=O) groups is 1. The maximum absolute atomic E-state index is 11.7. The van der Waals surface area contributed by atoms with Crippen LogP contribution in [0, 0.1) is 17.9 Å². The maximum Gasteiger partial charge on any atom is 0.162 e. The minimum Gasteiger partial charge on any atom is -0.512 e. The van der Waals surface area contributed by atoms with Gasteiger partial charge < -0.3 is 5.11 Å². The summed E-state index contributed by atoms with van der Waals surface area (Å²) in [4.78, 5) is 21.3. The number of ketones is 1. The number of allylic oxidation sites excluding steroid dienone is 2. The topological polar surface area (TPSA) is 63.1 Å². The molecule has 4 nitrogen and oxygen atoms in total. The van der Waals surface area contributed by atoms with Crippen molar-refractivity contribution < 1.29 is 30.0 Å². The number of hydrogen-bond donors (Lipinski definition) is 1. The first-order valence-electron chi connectivity index (χ1n) is 17.3. The molecule has 5 heteroatoms. The molecule has 0 saturated carbocycles. The third-order valence-electron chi connectivity index (χ3n) is 9.51. The third kappa shape index (κ3) is 8.86. The molecule has 0 aliphatic heterocycles. The molecule has 2 heterocycles. The fourth-order valence-electron chi connectivity index (χ4n) is 6.53. The van der Waals surface area contributed by atoms with Crippen molar-refractivity contribution in [1.82, 2.24) is 9.97 Å². The largest absolute Gasteiger partial charge is 0.512 e. The van der Waals surface area contributed by atoms with Crippen LogP contribution in [-0.4, -0.2) is 20.9 Å². The number of rotatable bonds is 9. The van der Waals surface area contributed by atoms with Crippen molar-refractivity contribution in [1.29, 1.82) is 0 Å². The number of aliphatic hydroxyl groups excluding tert-OH is 1. The zero-order valence-corrected chi connectivity index (χ0v) is 32.2. The molecular formula is C42H53IrN2O2-. The van der Waals surface area contributed by atoms with E-state index in [2.05, 4.69) is 89.3 Å². The predicted octanol–water partition coefficient (Wildman–Crippen LogP) is 11.2. The van der Waals surface area contributed by atoms with E-state index in [1.165, 1.54) is 45.0 Å². The van der Waals surface area contributed by atoms with E-state index < -0.39 is 0 Å². The smallest absolute Gasteiger partial charge is 0.162 e. The molecule has 0 saturated heterocycles. The van der Waals surface area contributed by atoms with Crippen molar-refractivity contribution in [2.75, 3.05) is 0 Å². The molecule has 1 aliphatic rings. The second-order valence-corrected chi connectivity index (χ2v) is 14.0. The van der Waals surface area contributed by atoms with Crippen molar-refractivity contribution in [3.8, 4) is 22.4 Å². The quantitative estimate of drug-likeness (QED) is 0.104. The summed E-state index contributed by atoms with van der Waals surface area (Å²) >= 11 is 0. The molecule has 0 spiro atoms. The summed E-state index contributed by atoms with van der Waals surface area (Å²) in [6.45, 7) is 19.3. The van der Waals surface area contributed by atoms with E-state index in [9.17, 15) is 9.90 Å². The fourth-order valence-corrected chi connectivity index (χ4v) is 6.53. The number of nitrogens with zero attached hydrogens (tertiary/aromatic N) is 2. The average Bonchev–Trinajstić information content (AvgIpc) is 3.04. The van der Waals surface area contributed by atoms with Gasteiger partial charge in [0.15, 0.2) is 5.78 Å². The zero-order chi connectivity index (χ0) is 33.6. The Morgan fingerprint density at radius 1 is 0.915 bits per heavy atom. The Kier molecular flexibility index (Phi) is 13.7. The summed E-state index contributed by atoms with van der Waals surface area (Å²) in [6, 6.07) is 19.0. The number of pyridine rings is 2. The normalized spacial score (nSPS) is 12.8. The molecule has 1 aliphatic carbocycles. The van der Waals surface area contributed by atoms with Crippen LogP contribution >= 0.6 is 0 Å². The van der Waals surface area contributed by atoms with Crippen LogP contribution in [0.15, 0.2) is 66.7 Å². The Morgan fingerprint density at radius 2 is 1.57 bits per heavy atom. The number of benzene rings is 2. The number of aryl methyl sites for hydroxylation is 1. The molecule has 0 fully saturated rings. The summed E-state index contributed by atoms with van der Waals surface area (Å²) < 4.78 is 0. The minimum absolute atomic E-state index is 0. The molecular weight excluding hydrogens is 757 g/mol. The second-order valence-electron chi connectivity index (χ2n) is 14.0. The summed E-state index contributed by atoms with van der Waals surface area (Å²) in [5.74, 6) is 0.994. The van der Waals surface area contributed by atoms with E-state index in [0.717, 1.165) is 55.2 Å². The van der Waals surface area contributed by atoms with Gasteiger partial charge in [0.2, 0.25) is 0 Å². The summed E-state index contributed by atoms with van der Waals surface area (Å²) in [7, 11) is 0. The molecule has 0 bridgehead atoms. The Bertz CT molecular complexity index is 1690. The fraction of sp³-hybridized carbons (Fsp3) is 0.452. The van der Waals surface area contributed by atoms with Crippen molar-refractivity contribution >= 4 is 16.6 Å². The number of carbonyl (C=O) groups excluding carboxylic acids is 1. The van der Waals surface area contributed by atoms with Crippen molar-refractivity contribution in [3.63, 3.8) is 0 Å². The summed E-state index contributed by atoms with van der Waals surface area (Å²) in [6.07, 6.45) is 10.9. The van der Waals surface area contributed by atoms with Crippen LogP contribution in [0.5, 0.6) is 0 Å². The van der Waals surface area contributed by atoms with Crippen LogP contribution in [0.4, 0.5) is 0 Å². The van der Waals surface area contributed by atoms with E-state index in [1.807, 2.05) is 33.9 Å². The van der Waals surface area contributed by atoms with Gasteiger partial charge in [-0.1, -0.05) is 91.5 Å². The Balaban J connectivity index is 0.000000322. The third-order valence-corrected chi connectivity index (χ3v) is 9.51. The standard InChI is InChI=1S/C29H29N2.C13H24O2.Ir/c1-18(2)27-16-20-10-11-24-23(25(20)17-31-27)12-13-30-28(24)21-14-19-8-6-7-9-22(19)26(15-21)29(3,4)5;1-5-10(6-2)12(14)9-13(15)11(7-3)8-4;/h6-9,12-13,15-18H,10-11H2,1-5H3;9-11,14H,5-8H2,1-4H3;/q-1;;/b;12-9-;. The SMILES string of the molecule is CC(C)c1cc2c(cn1)-c1ccnc(-c3[c-]c4ccccc4c(C(C)(C)C)c3)c1CC2.CCC(CC)C(=O)/C=C(\O)C(CC)CC.[Ir]. The van der Waals surface area contributed by atoms with Gasteiger partial charge in [-0.2, -0.15) is 0 Å². The van der Waals surface area contributed by atoms with Gasteiger partial charge in [-0.15, -0.1) is 29.1 Å². The van der Waals surface area contributed by atoms with Gasteiger partial charge in [-0.3, -0.25) is 14.8 Å². The summed E-state index contributed by atoms with van der Waals surface area (Å²) in [5, 5.41) is 12.2. The molecule has 47 heavy (non-hydrogen) atoms. The van der Waals surface area contributed by atoms with E-state index in [1.54, 1.807) is 0 Å². The van der Waals surface area contributed by atoms with E-state index in [4.69, 9.17) is 9.97 Å². The predicted molar refractivity (Wildman–Crippen MR) is 193 cm³/mol. The monoisotopic (exact) mass is 810 g/mol. The van der Waals surface area contributed by atoms with Gasteiger partial charge >= 0.3 is 0 Å². The second kappa shape index (κ2) is 16.8. The number of aromatic nitrogens is 2. The van der Waals surface area contributed by atoms with Gasteiger partial charge in [0.1, 0.15) is 0 Å². The molecule has 5 rings (SSSR count). The van der Waals surface area contributed by atoms with Gasteiger partial charge in [-0.25, -0.2) is 0 Å². The minimum atomic E-state index is 0. The van der Waals surface area contributed by atoms with E-state index in [-0.39, 0.29) is 48.9 Å². The van der Waals surface area contributed by atoms with Crippen molar-refractivity contribution in [2.24, 2.45) is 11.8 Å². The maximum atomic E-state index is 11.7. The summed E-state index contributed by atoms with van der Waals surface area (Å²) in [5.41, 5.74) is 9.97. The van der Waals surface area contributed by atoms with Crippen LogP contribution in [0.25, 0.3) is 33.2 Å². The van der Waals surface area contributed by atoms with Gasteiger partial charge in [0.25, 0.3) is 0 Å². The van der Waals surface area contributed by atoms with Crippen LogP contribution in [0.2, 0.25) is 0 Å². The van der Waals surface area contributed by atoms with Crippen molar-refractivity contribution in [3.05, 3.63) is 95.1 Å². The van der Waals surface area contributed by atoms with Gasteiger partial charge in [0, 0.05) is 67.4 Å². The molecule has 253 valence electrons. The molecule has 2 aromatic heterocycles. The molecule has 1 radical (unpaired) electrons. The zero-order valence-electron chi connectivity index (χ0n) is 29.8. The van der Waals surface area contributed by atoms with E-state index in [0.29, 0.717) is 5.92 Å². The Labute approximate surface area is 296 Å². The number of fused-ring (bicyclic) bond motifs is 4. The van der Waals surface area contributed by atoms with Crippen LogP contribution in [-0.2, 0) is 43.2 Å². The molecule has 0 amide bonds. The Morgan fingerprint density at radius 3 is 2.19 bits per heavy atom. The number of aliphatic hydroxyl groups is 1. The molecule has 1 N–H and O–H groups in total. The van der Waals surface area contributed by atoms with Crippen LogP contribution in [0.1, 0.15) is 116 Å². The molecule has 0 unspecified atom stereocenters. The number of hydrogen-bond acceptors (Lipinski definition) is 4. The average molecular weight is 810 g/mol. The first kappa shape index (κ1) is 38.3. The van der Waals surface area contributed by atoms with Crippen LogP contribution < -0.4 is 0 Å². The van der Waals surface area contributed by atoms with E-state index >= 15 is 0 Å². The molecule has 2 aromatic carbocycles.